The molecule has 140 valence electrons. The Labute approximate surface area is 163 Å². The van der Waals surface area contributed by atoms with Crippen LogP contribution in [0.2, 0.25) is 5.02 Å². The Kier molecular flexibility index (Phi) is 4.94. The van der Waals surface area contributed by atoms with Crippen molar-refractivity contribution in [1.82, 2.24) is 5.16 Å². The van der Waals surface area contributed by atoms with Crippen LogP contribution in [0.1, 0.15) is 54.7 Å². The van der Waals surface area contributed by atoms with E-state index in [1.807, 2.05) is 24.3 Å². The predicted molar refractivity (Wildman–Crippen MR) is 106 cm³/mol. The molecular formula is C22H22ClNO3. The number of aryl methyl sites for hydroxylation is 1. The highest BCUT2D eigenvalue weighted by molar-refractivity contribution is 6.32. The molecular weight excluding hydrogens is 362 g/mol. The molecule has 5 heteroatoms. The molecule has 4 rings (SSSR count). The number of benzene rings is 2. The van der Waals surface area contributed by atoms with Gasteiger partial charge in [-0.25, -0.2) is 0 Å². The van der Waals surface area contributed by atoms with Crippen molar-refractivity contribution in [3.05, 3.63) is 80.1 Å². The molecule has 1 N–H and O–H groups in total. The normalized spacial score (nSPS) is 17.1. The lowest BCUT2D eigenvalue weighted by atomic mass is 10.0. The van der Waals surface area contributed by atoms with Crippen LogP contribution < -0.4 is 5.56 Å². The van der Waals surface area contributed by atoms with Gasteiger partial charge in [0.15, 0.2) is 5.76 Å². The number of H-pyrrole nitrogens is 1. The molecule has 2 aromatic carbocycles. The summed E-state index contributed by atoms with van der Waals surface area (Å²) >= 11 is 6.56. The van der Waals surface area contributed by atoms with E-state index in [1.54, 1.807) is 0 Å². The quantitative estimate of drug-likeness (QED) is 0.622. The maximum atomic E-state index is 11.2. The minimum atomic E-state index is -0.240. The second-order valence-corrected chi connectivity index (χ2v) is 7.34. The summed E-state index contributed by atoms with van der Waals surface area (Å²) < 4.78 is 11.5. The van der Waals surface area contributed by atoms with Crippen LogP contribution in [0.5, 0.6) is 0 Å². The lowest BCUT2D eigenvalue weighted by molar-refractivity contribution is -0.00372. The Morgan fingerprint density at radius 3 is 2.70 bits per heavy atom. The summed E-state index contributed by atoms with van der Waals surface area (Å²) in [6.07, 6.45) is 2.89. The third-order valence-corrected chi connectivity index (χ3v) is 5.77. The van der Waals surface area contributed by atoms with E-state index in [1.165, 1.54) is 22.8 Å². The number of rotatable bonds is 5. The highest BCUT2D eigenvalue weighted by Gasteiger charge is 2.27. The van der Waals surface area contributed by atoms with Gasteiger partial charge in [-0.15, -0.1) is 0 Å². The summed E-state index contributed by atoms with van der Waals surface area (Å²) in [5.74, 6) is 0.534. The third kappa shape index (κ3) is 3.47. The van der Waals surface area contributed by atoms with Crippen LogP contribution >= 0.6 is 11.6 Å². The Morgan fingerprint density at radius 2 is 2.04 bits per heavy atom. The second-order valence-electron chi connectivity index (χ2n) is 6.96. The minimum Gasteiger partial charge on any atom is -0.378 e. The van der Waals surface area contributed by atoms with E-state index >= 15 is 0 Å². The molecule has 27 heavy (non-hydrogen) atoms. The first-order valence-electron chi connectivity index (χ1n) is 9.31. The fourth-order valence-electron chi connectivity index (χ4n) is 3.75. The van der Waals surface area contributed by atoms with Gasteiger partial charge < -0.3 is 9.26 Å². The van der Waals surface area contributed by atoms with Gasteiger partial charge in [0.25, 0.3) is 5.56 Å². The molecule has 0 saturated carbocycles. The second kappa shape index (κ2) is 7.37. The van der Waals surface area contributed by atoms with E-state index in [-0.39, 0.29) is 17.8 Å². The van der Waals surface area contributed by atoms with Crippen molar-refractivity contribution in [3.8, 4) is 11.3 Å². The van der Waals surface area contributed by atoms with Gasteiger partial charge in [0, 0.05) is 10.6 Å². The summed E-state index contributed by atoms with van der Waals surface area (Å²) in [7, 11) is 0. The number of fused-ring (bicyclic) bond motifs is 1. The smallest absolute Gasteiger partial charge is 0.280 e. The van der Waals surface area contributed by atoms with Crippen molar-refractivity contribution in [1.29, 1.82) is 0 Å². The topological polar surface area (TPSA) is 55.2 Å². The maximum Gasteiger partial charge on any atom is 0.280 e. The lowest BCUT2D eigenvalue weighted by Gasteiger charge is -2.20. The Morgan fingerprint density at radius 1 is 1.26 bits per heavy atom. The van der Waals surface area contributed by atoms with E-state index in [0.717, 1.165) is 35.4 Å². The Balaban J connectivity index is 1.50. The molecule has 4 nitrogen and oxygen atoms in total. The minimum absolute atomic E-state index is 0.0436. The van der Waals surface area contributed by atoms with E-state index in [4.69, 9.17) is 20.9 Å². The van der Waals surface area contributed by atoms with E-state index < -0.39 is 0 Å². The van der Waals surface area contributed by atoms with Crippen LogP contribution in [0.3, 0.4) is 0 Å². The number of nitrogens with one attached hydrogen (secondary N) is 1. The maximum absolute atomic E-state index is 11.2. The van der Waals surface area contributed by atoms with E-state index in [9.17, 15) is 4.79 Å². The molecule has 0 radical (unpaired) electrons. The number of hydrogen-bond acceptors (Lipinski definition) is 3. The number of hydrogen-bond donors (Lipinski definition) is 1. The van der Waals surface area contributed by atoms with Crippen LogP contribution in [-0.2, 0) is 17.6 Å². The molecule has 0 saturated heterocycles. The van der Waals surface area contributed by atoms with Crippen molar-refractivity contribution >= 4 is 11.6 Å². The van der Waals surface area contributed by atoms with Crippen molar-refractivity contribution < 1.29 is 9.26 Å². The van der Waals surface area contributed by atoms with Crippen molar-refractivity contribution in [3.63, 3.8) is 0 Å². The molecule has 1 aliphatic rings. The zero-order chi connectivity index (χ0) is 19.0. The number of aromatic nitrogens is 1. The summed E-state index contributed by atoms with van der Waals surface area (Å²) in [5.41, 5.74) is 5.36. The SMILES string of the molecule is CCc1ccc2c(c1Cl)CCC2OC(C)c1ccc(-c2cc(=O)[nH]o2)cc1. The summed E-state index contributed by atoms with van der Waals surface area (Å²) in [6.45, 7) is 4.19. The standard InChI is InChI=1S/C22H22ClNO3/c1-3-14-8-9-17-18(22(14)23)10-11-19(17)26-13(2)15-4-6-16(7-5-15)20-12-21(25)24-27-20/h4-9,12-13,19H,3,10-11H2,1-2H3,(H,24,25). The van der Waals surface area contributed by atoms with Crippen molar-refractivity contribution in [2.75, 3.05) is 0 Å². The van der Waals surface area contributed by atoms with Gasteiger partial charge >= 0.3 is 0 Å². The molecule has 1 aliphatic carbocycles. The molecule has 1 heterocycles. The molecule has 0 bridgehead atoms. The first-order chi connectivity index (χ1) is 13.1. The number of aromatic amines is 1. The molecule has 2 unspecified atom stereocenters. The fraction of sp³-hybridized carbons (Fsp3) is 0.318. The van der Waals surface area contributed by atoms with Crippen LogP contribution in [0.25, 0.3) is 11.3 Å². The van der Waals surface area contributed by atoms with Gasteiger partial charge in [-0.3, -0.25) is 4.79 Å². The van der Waals surface area contributed by atoms with Crippen LogP contribution in [0, 0.1) is 0 Å². The molecule has 3 aromatic rings. The monoisotopic (exact) mass is 383 g/mol. The zero-order valence-corrected chi connectivity index (χ0v) is 16.2. The summed E-state index contributed by atoms with van der Waals surface area (Å²) in [4.78, 5) is 11.2. The Bertz CT molecular complexity index is 1000. The first-order valence-corrected chi connectivity index (χ1v) is 9.69. The molecule has 0 spiro atoms. The van der Waals surface area contributed by atoms with Crippen molar-refractivity contribution in [2.24, 2.45) is 0 Å². The van der Waals surface area contributed by atoms with Gasteiger partial charge in [0.1, 0.15) is 0 Å². The van der Waals surface area contributed by atoms with Gasteiger partial charge in [-0.1, -0.05) is 54.9 Å². The largest absolute Gasteiger partial charge is 0.378 e. The zero-order valence-electron chi connectivity index (χ0n) is 15.4. The molecule has 2 atom stereocenters. The van der Waals surface area contributed by atoms with E-state index in [0.29, 0.717) is 5.76 Å². The lowest BCUT2D eigenvalue weighted by Crippen LogP contribution is -2.06. The van der Waals surface area contributed by atoms with Crippen LogP contribution in [-0.4, -0.2) is 5.16 Å². The highest BCUT2D eigenvalue weighted by atomic mass is 35.5. The fourth-order valence-corrected chi connectivity index (χ4v) is 4.15. The van der Waals surface area contributed by atoms with Gasteiger partial charge in [-0.05, 0) is 48.4 Å². The average molecular weight is 384 g/mol. The molecule has 0 fully saturated rings. The third-order valence-electron chi connectivity index (χ3n) is 5.30. The van der Waals surface area contributed by atoms with E-state index in [2.05, 4.69) is 31.1 Å². The van der Waals surface area contributed by atoms with Crippen LogP contribution in [0.15, 0.2) is 51.8 Å². The predicted octanol–water partition coefficient (Wildman–Crippen LogP) is 5.62. The molecule has 0 aliphatic heterocycles. The Hall–Kier alpha value is -2.30. The van der Waals surface area contributed by atoms with Gasteiger partial charge in [0.05, 0.1) is 18.3 Å². The summed E-state index contributed by atoms with van der Waals surface area (Å²) in [6, 6.07) is 13.6. The first kappa shape index (κ1) is 18.1. The molecule has 0 amide bonds. The molecule has 1 aromatic heterocycles. The highest BCUT2D eigenvalue weighted by Crippen LogP contribution is 2.41. The van der Waals surface area contributed by atoms with Gasteiger partial charge in [-0.2, -0.15) is 5.16 Å². The van der Waals surface area contributed by atoms with Gasteiger partial charge in [0.2, 0.25) is 0 Å². The average Bonchev–Trinajstić information content (AvgIpc) is 3.29. The van der Waals surface area contributed by atoms with Crippen molar-refractivity contribution in [2.45, 2.75) is 45.3 Å². The number of halogens is 1. The summed E-state index contributed by atoms with van der Waals surface area (Å²) in [5, 5.41) is 3.22. The number of ether oxygens (including phenoxy) is 1. The van der Waals surface area contributed by atoms with Crippen LogP contribution in [0.4, 0.5) is 0 Å².